The van der Waals surface area contributed by atoms with Crippen LogP contribution in [0.4, 0.5) is 5.95 Å². The number of nitrogens with one attached hydrogen (secondary N) is 1. The maximum absolute atomic E-state index is 10.6. The molecule has 1 aliphatic heterocycles. The topological polar surface area (TPSA) is 84.3 Å². The Kier molecular flexibility index (Phi) is 3.31. The Bertz CT molecular complexity index is 360. The van der Waals surface area contributed by atoms with Crippen molar-refractivity contribution >= 4 is 11.9 Å². The van der Waals surface area contributed by atoms with Gasteiger partial charge in [-0.3, -0.25) is 0 Å². The summed E-state index contributed by atoms with van der Waals surface area (Å²) in [5, 5.41) is 11.8. The molecule has 86 valence electrons. The molecule has 16 heavy (non-hydrogen) atoms. The quantitative estimate of drug-likeness (QED) is 0.787. The molecule has 1 aromatic rings. The Labute approximate surface area is 92.7 Å². The van der Waals surface area contributed by atoms with E-state index in [4.69, 9.17) is 9.84 Å². The Morgan fingerprint density at radius 2 is 2.25 bits per heavy atom. The van der Waals surface area contributed by atoms with E-state index in [1.807, 2.05) is 0 Å². The number of rotatable bonds is 3. The van der Waals surface area contributed by atoms with Crippen LogP contribution in [0.1, 0.15) is 23.2 Å². The molecule has 2 rings (SSSR count). The summed E-state index contributed by atoms with van der Waals surface area (Å²) in [7, 11) is 0. The fraction of sp³-hybridized carbons (Fsp3) is 0.500. The lowest BCUT2D eigenvalue weighted by Gasteiger charge is -2.22. The first-order valence-electron chi connectivity index (χ1n) is 5.15. The molecule has 0 bridgehead atoms. The maximum atomic E-state index is 10.6. The molecular weight excluding hydrogens is 210 g/mol. The third kappa shape index (κ3) is 2.66. The Morgan fingerprint density at radius 3 is 2.81 bits per heavy atom. The van der Waals surface area contributed by atoms with Crippen molar-refractivity contribution in [3.8, 4) is 0 Å². The zero-order chi connectivity index (χ0) is 11.4. The average Bonchev–Trinajstić information content (AvgIpc) is 2.31. The average molecular weight is 223 g/mol. The molecule has 1 aliphatic rings. The van der Waals surface area contributed by atoms with Gasteiger partial charge in [0.2, 0.25) is 5.95 Å². The van der Waals surface area contributed by atoms with E-state index in [0.29, 0.717) is 12.6 Å². The summed E-state index contributed by atoms with van der Waals surface area (Å²) < 4.78 is 5.30. The van der Waals surface area contributed by atoms with Gasteiger partial charge in [0.25, 0.3) is 0 Å². The van der Waals surface area contributed by atoms with Gasteiger partial charge in [-0.2, -0.15) is 0 Å². The van der Waals surface area contributed by atoms with Crippen LogP contribution in [0.5, 0.6) is 0 Å². The van der Waals surface area contributed by atoms with Gasteiger partial charge in [0.15, 0.2) is 0 Å². The summed E-state index contributed by atoms with van der Waals surface area (Å²) in [6, 6.07) is 0.212. The second-order valence-electron chi connectivity index (χ2n) is 3.66. The molecule has 1 atom stereocenters. The number of nitrogens with zero attached hydrogens (tertiary/aromatic N) is 2. The molecule has 0 amide bonds. The number of anilines is 1. The van der Waals surface area contributed by atoms with Crippen molar-refractivity contribution in [3.05, 3.63) is 18.0 Å². The lowest BCUT2D eigenvalue weighted by molar-refractivity contribution is 0.0696. The molecule has 0 aromatic carbocycles. The molecule has 0 aliphatic carbocycles. The van der Waals surface area contributed by atoms with Crippen LogP contribution in [0, 0.1) is 0 Å². The minimum absolute atomic E-state index is 0.0884. The highest BCUT2D eigenvalue weighted by atomic mass is 16.5. The Balaban J connectivity index is 1.96. The molecule has 2 heterocycles. The summed E-state index contributed by atoms with van der Waals surface area (Å²) >= 11 is 0. The fourth-order valence-electron chi connectivity index (χ4n) is 1.55. The van der Waals surface area contributed by atoms with Crippen molar-refractivity contribution in [1.82, 2.24) is 9.97 Å². The summed E-state index contributed by atoms with van der Waals surface area (Å²) in [5.41, 5.74) is 0.0884. The van der Waals surface area contributed by atoms with E-state index in [2.05, 4.69) is 15.3 Å². The highest BCUT2D eigenvalue weighted by Crippen LogP contribution is 2.10. The third-order valence-corrected chi connectivity index (χ3v) is 2.39. The number of hydrogen-bond acceptors (Lipinski definition) is 5. The van der Waals surface area contributed by atoms with E-state index < -0.39 is 5.97 Å². The summed E-state index contributed by atoms with van der Waals surface area (Å²) in [5.74, 6) is -0.576. The number of carbonyl (C=O) groups is 1. The first-order valence-corrected chi connectivity index (χ1v) is 5.15. The van der Waals surface area contributed by atoms with E-state index in [9.17, 15) is 4.79 Å². The molecule has 0 radical (unpaired) electrons. The van der Waals surface area contributed by atoms with Gasteiger partial charge in [-0.05, 0) is 12.8 Å². The summed E-state index contributed by atoms with van der Waals surface area (Å²) in [4.78, 5) is 18.5. The van der Waals surface area contributed by atoms with E-state index in [1.165, 1.54) is 12.4 Å². The molecule has 1 aromatic heterocycles. The number of aromatic carboxylic acids is 1. The SMILES string of the molecule is O=C(O)c1cnc(NC2CCCOC2)nc1. The summed E-state index contributed by atoms with van der Waals surface area (Å²) in [6.45, 7) is 1.45. The minimum atomic E-state index is -1.02. The first kappa shape index (κ1) is 10.8. The van der Waals surface area contributed by atoms with E-state index in [-0.39, 0.29) is 11.6 Å². The van der Waals surface area contributed by atoms with Crippen molar-refractivity contribution in [2.75, 3.05) is 18.5 Å². The second kappa shape index (κ2) is 4.89. The van der Waals surface area contributed by atoms with Gasteiger partial charge in [0, 0.05) is 19.0 Å². The highest BCUT2D eigenvalue weighted by molar-refractivity contribution is 5.86. The minimum Gasteiger partial charge on any atom is -0.478 e. The molecular formula is C10H13N3O3. The number of hydrogen-bond donors (Lipinski definition) is 2. The van der Waals surface area contributed by atoms with Crippen molar-refractivity contribution in [1.29, 1.82) is 0 Å². The van der Waals surface area contributed by atoms with Crippen molar-refractivity contribution in [3.63, 3.8) is 0 Å². The van der Waals surface area contributed by atoms with Gasteiger partial charge in [-0.15, -0.1) is 0 Å². The Morgan fingerprint density at radius 1 is 1.50 bits per heavy atom. The van der Waals surface area contributed by atoms with Crippen LogP contribution in [-0.2, 0) is 4.74 Å². The fourth-order valence-corrected chi connectivity index (χ4v) is 1.55. The van der Waals surface area contributed by atoms with E-state index in [0.717, 1.165) is 19.4 Å². The van der Waals surface area contributed by atoms with Crippen LogP contribution < -0.4 is 5.32 Å². The van der Waals surface area contributed by atoms with Crippen molar-refractivity contribution in [2.24, 2.45) is 0 Å². The van der Waals surface area contributed by atoms with Gasteiger partial charge in [-0.1, -0.05) is 0 Å². The smallest absolute Gasteiger partial charge is 0.338 e. The van der Waals surface area contributed by atoms with Crippen LogP contribution in [0.2, 0.25) is 0 Å². The molecule has 1 unspecified atom stereocenters. The van der Waals surface area contributed by atoms with Crippen LogP contribution in [0.25, 0.3) is 0 Å². The monoisotopic (exact) mass is 223 g/mol. The molecule has 6 nitrogen and oxygen atoms in total. The van der Waals surface area contributed by atoms with E-state index >= 15 is 0 Å². The number of aromatic nitrogens is 2. The van der Waals surface area contributed by atoms with Crippen LogP contribution in [-0.4, -0.2) is 40.3 Å². The molecule has 0 saturated carbocycles. The number of carboxylic acid groups (broad SMARTS) is 1. The predicted molar refractivity (Wildman–Crippen MR) is 56.5 cm³/mol. The van der Waals surface area contributed by atoms with Gasteiger partial charge >= 0.3 is 5.97 Å². The zero-order valence-corrected chi connectivity index (χ0v) is 8.72. The van der Waals surface area contributed by atoms with Crippen molar-refractivity contribution in [2.45, 2.75) is 18.9 Å². The van der Waals surface area contributed by atoms with Gasteiger partial charge in [0.1, 0.15) is 0 Å². The first-order chi connectivity index (χ1) is 7.75. The second-order valence-corrected chi connectivity index (χ2v) is 3.66. The molecule has 1 fully saturated rings. The molecule has 1 saturated heterocycles. The van der Waals surface area contributed by atoms with E-state index in [1.54, 1.807) is 0 Å². The van der Waals surface area contributed by atoms with Gasteiger partial charge in [-0.25, -0.2) is 14.8 Å². The number of carboxylic acids is 1. The van der Waals surface area contributed by atoms with Gasteiger partial charge in [0.05, 0.1) is 18.2 Å². The normalized spacial score (nSPS) is 20.4. The predicted octanol–water partition coefficient (Wildman–Crippen LogP) is 0.766. The van der Waals surface area contributed by atoms with Crippen LogP contribution in [0.15, 0.2) is 12.4 Å². The van der Waals surface area contributed by atoms with Crippen LogP contribution >= 0.6 is 0 Å². The van der Waals surface area contributed by atoms with Crippen LogP contribution in [0.3, 0.4) is 0 Å². The number of ether oxygens (including phenoxy) is 1. The largest absolute Gasteiger partial charge is 0.478 e. The summed E-state index contributed by atoms with van der Waals surface area (Å²) in [6.07, 6.45) is 4.62. The lowest BCUT2D eigenvalue weighted by atomic mass is 10.1. The maximum Gasteiger partial charge on any atom is 0.338 e. The molecule has 0 spiro atoms. The highest BCUT2D eigenvalue weighted by Gasteiger charge is 2.14. The Hall–Kier alpha value is -1.69. The zero-order valence-electron chi connectivity index (χ0n) is 8.72. The lowest BCUT2D eigenvalue weighted by Crippen LogP contribution is -2.30. The molecule has 2 N–H and O–H groups in total. The van der Waals surface area contributed by atoms with Crippen molar-refractivity contribution < 1.29 is 14.6 Å². The third-order valence-electron chi connectivity index (χ3n) is 2.39. The standard InChI is InChI=1S/C10H13N3O3/c14-9(15)7-4-11-10(12-5-7)13-8-2-1-3-16-6-8/h4-5,8H,1-3,6H2,(H,14,15)(H,11,12,13). The van der Waals surface area contributed by atoms with Gasteiger partial charge < -0.3 is 15.2 Å². The molecule has 6 heteroatoms.